The van der Waals surface area contributed by atoms with Gasteiger partial charge >= 0.3 is 0 Å². The molecule has 2 heterocycles. The Kier molecular flexibility index (Phi) is 6.87. The van der Waals surface area contributed by atoms with Crippen molar-refractivity contribution in [3.05, 3.63) is 88.4 Å². The average Bonchev–Trinajstić information content (AvgIpc) is 3.30. The zero-order chi connectivity index (χ0) is 25.4. The Balaban J connectivity index is 1.49. The fourth-order valence-corrected chi connectivity index (χ4v) is 7.28. The van der Waals surface area contributed by atoms with E-state index in [1.54, 1.807) is 11.0 Å². The number of carbonyl (C=O) groups excluding carboxylic acids is 1. The van der Waals surface area contributed by atoms with Crippen LogP contribution < -0.4 is 4.90 Å². The van der Waals surface area contributed by atoms with E-state index in [-0.39, 0.29) is 33.9 Å². The Morgan fingerprint density at radius 3 is 2.56 bits per heavy atom. The molecule has 0 N–H and O–H groups in total. The Morgan fingerprint density at radius 1 is 1.08 bits per heavy atom. The fraction of sp³-hybridized carbons (Fsp3) is 0.259. The van der Waals surface area contributed by atoms with Crippen molar-refractivity contribution in [2.45, 2.75) is 31.7 Å². The van der Waals surface area contributed by atoms with Gasteiger partial charge in [0, 0.05) is 25.2 Å². The number of fused-ring (bicyclic) bond motifs is 2. The highest BCUT2D eigenvalue weighted by atomic mass is 35.5. The molecule has 0 fully saturated rings. The van der Waals surface area contributed by atoms with Crippen LogP contribution in [0.2, 0.25) is 5.02 Å². The van der Waals surface area contributed by atoms with E-state index in [1.807, 2.05) is 62.4 Å². The molecule has 186 valence electrons. The first-order valence-corrected chi connectivity index (χ1v) is 14.4. The van der Waals surface area contributed by atoms with Crippen LogP contribution in [0.5, 0.6) is 0 Å². The molecule has 0 bridgehead atoms. The number of para-hydroxylation sites is 1. The molecule has 9 heteroatoms. The second-order valence-electron chi connectivity index (χ2n) is 9.28. The minimum atomic E-state index is -3.91. The summed E-state index contributed by atoms with van der Waals surface area (Å²) < 4.78 is 29.7. The summed E-state index contributed by atoms with van der Waals surface area (Å²) in [5, 5.41) is 0.683. The number of aromatic nitrogens is 1. The van der Waals surface area contributed by atoms with Crippen LogP contribution in [-0.4, -0.2) is 36.7 Å². The van der Waals surface area contributed by atoms with E-state index in [2.05, 4.69) is 4.98 Å². The van der Waals surface area contributed by atoms with Gasteiger partial charge in [-0.2, -0.15) is 4.31 Å². The predicted octanol–water partition coefficient (Wildman–Crippen LogP) is 6.00. The van der Waals surface area contributed by atoms with Crippen molar-refractivity contribution in [2.75, 3.05) is 18.0 Å². The lowest BCUT2D eigenvalue weighted by atomic mass is 10.0. The standard InChI is InChI=1S/C27H26ClN3O3S2/c1-18(2)16-31(27-29-23-9-5-6-10-24(23)35-27)26(32)20-11-12-22(28)25(15-20)36(33,34)30-14-13-19-7-3-4-8-21(19)17-30/h3-12,15,18H,13-14,16-17H2,1-2H3. The number of hydrogen-bond donors (Lipinski definition) is 0. The van der Waals surface area contributed by atoms with Crippen molar-refractivity contribution in [1.82, 2.24) is 9.29 Å². The number of carbonyl (C=O) groups is 1. The molecule has 0 saturated carbocycles. The van der Waals surface area contributed by atoms with Gasteiger partial charge in [-0.1, -0.05) is 73.2 Å². The van der Waals surface area contributed by atoms with Crippen molar-refractivity contribution in [3.8, 4) is 0 Å². The lowest BCUT2D eigenvalue weighted by Crippen LogP contribution is -2.36. The van der Waals surface area contributed by atoms with Crippen LogP contribution in [0.1, 0.15) is 35.3 Å². The van der Waals surface area contributed by atoms with Gasteiger partial charge in [0.2, 0.25) is 10.0 Å². The Labute approximate surface area is 220 Å². The number of sulfonamides is 1. The maximum absolute atomic E-state index is 13.7. The quantitative estimate of drug-likeness (QED) is 0.301. The third-order valence-corrected chi connectivity index (χ3v) is 9.58. The summed E-state index contributed by atoms with van der Waals surface area (Å²) >= 11 is 7.84. The summed E-state index contributed by atoms with van der Waals surface area (Å²) in [6, 6.07) is 20.1. The Hall–Kier alpha value is -2.78. The molecule has 0 atom stereocenters. The first kappa shape index (κ1) is 24.9. The SMILES string of the molecule is CC(C)CN(C(=O)c1ccc(Cl)c(S(=O)(=O)N2CCc3ccccc3C2)c1)c1nc2ccccc2s1. The minimum Gasteiger partial charge on any atom is -0.284 e. The monoisotopic (exact) mass is 539 g/mol. The maximum Gasteiger partial charge on any atom is 0.260 e. The molecule has 1 amide bonds. The van der Waals surface area contributed by atoms with Gasteiger partial charge in [-0.15, -0.1) is 0 Å². The highest BCUT2D eigenvalue weighted by molar-refractivity contribution is 7.89. The Bertz CT molecular complexity index is 1520. The molecule has 4 aromatic rings. The van der Waals surface area contributed by atoms with Crippen molar-refractivity contribution in [3.63, 3.8) is 0 Å². The lowest BCUT2D eigenvalue weighted by Gasteiger charge is -2.28. The van der Waals surface area contributed by atoms with Crippen molar-refractivity contribution in [2.24, 2.45) is 5.92 Å². The smallest absolute Gasteiger partial charge is 0.260 e. The van der Waals surface area contributed by atoms with Gasteiger partial charge in [0.25, 0.3) is 5.91 Å². The summed E-state index contributed by atoms with van der Waals surface area (Å²) in [4.78, 5) is 20.0. The predicted molar refractivity (Wildman–Crippen MR) is 145 cm³/mol. The molecule has 0 saturated heterocycles. The zero-order valence-corrected chi connectivity index (χ0v) is 22.4. The molecule has 6 nitrogen and oxygen atoms in total. The molecular formula is C27H26ClN3O3S2. The van der Waals surface area contributed by atoms with Gasteiger partial charge in [-0.25, -0.2) is 13.4 Å². The molecule has 1 aliphatic heterocycles. The van der Waals surface area contributed by atoms with Crippen LogP contribution in [0.25, 0.3) is 10.2 Å². The number of anilines is 1. The van der Waals surface area contributed by atoms with Crippen LogP contribution in [0.15, 0.2) is 71.6 Å². The topological polar surface area (TPSA) is 70.6 Å². The largest absolute Gasteiger partial charge is 0.284 e. The van der Waals surface area contributed by atoms with Crippen molar-refractivity contribution < 1.29 is 13.2 Å². The number of amides is 1. The lowest BCUT2D eigenvalue weighted by molar-refractivity contribution is 0.0983. The third-order valence-electron chi connectivity index (χ3n) is 6.20. The summed E-state index contributed by atoms with van der Waals surface area (Å²) in [5.74, 6) is -0.121. The highest BCUT2D eigenvalue weighted by Gasteiger charge is 2.31. The number of thiazole rings is 1. The second-order valence-corrected chi connectivity index (χ2v) is 12.6. The van der Waals surface area contributed by atoms with E-state index in [9.17, 15) is 13.2 Å². The summed E-state index contributed by atoms with van der Waals surface area (Å²) in [6.07, 6.45) is 0.630. The summed E-state index contributed by atoms with van der Waals surface area (Å²) in [6.45, 7) is 5.14. The average molecular weight is 540 g/mol. The molecule has 36 heavy (non-hydrogen) atoms. The number of nitrogens with zero attached hydrogens (tertiary/aromatic N) is 3. The number of benzene rings is 3. The molecule has 0 spiro atoms. The highest BCUT2D eigenvalue weighted by Crippen LogP contribution is 2.33. The summed E-state index contributed by atoms with van der Waals surface area (Å²) in [7, 11) is -3.91. The van der Waals surface area contributed by atoms with Crippen LogP contribution in [-0.2, 0) is 23.0 Å². The van der Waals surface area contributed by atoms with Gasteiger partial charge in [-0.05, 0) is 53.8 Å². The molecule has 1 aromatic heterocycles. The minimum absolute atomic E-state index is 0.0526. The van der Waals surface area contributed by atoms with Crippen LogP contribution >= 0.6 is 22.9 Å². The molecule has 0 unspecified atom stereocenters. The first-order valence-electron chi connectivity index (χ1n) is 11.8. The van der Waals surface area contributed by atoms with Gasteiger partial charge in [0.05, 0.1) is 15.2 Å². The van der Waals surface area contributed by atoms with Gasteiger partial charge in [0.1, 0.15) is 4.90 Å². The number of rotatable bonds is 6. The molecule has 0 radical (unpaired) electrons. The normalized spacial score (nSPS) is 14.2. The van der Waals surface area contributed by atoms with Gasteiger partial charge in [0.15, 0.2) is 5.13 Å². The van der Waals surface area contributed by atoms with E-state index in [0.29, 0.717) is 24.6 Å². The molecule has 0 aliphatic carbocycles. The molecule has 5 rings (SSSR count). The van der Waals surface area contributed by atoms with Crippen LogP contribution in [0, 0.1) is 5.92 Å². The number of hydrogen-bond acceptors (Lipinski definition) is 5. The maximum atomic E-state index is 13.7. The Morgan fingerprint density at radius 2 is 1.81 bits per heavy atom. The van der Waals surface area contributed by atoms with E-state index < -0.39 is 10.0 Å². The molecule has 3 aromatic carbocycles. The van der Waals surface area contributed by atoms with Crippen LogP contribution in [0.4, 0.5) is 5.13 Å². The zero-order valence-electron chi connectivity index (χ0n) is 20.0. The third kappa shape index (κ3) is 4.78. The van der Waals surface area contributed by atoms with E-state index in [1.165, 1.54) is 27.8 Å². The van der Waals surface area contributed by atoms with Crippen molar-refractivity contribution in [1.29, 1.82) is 0 Å². The van der Waals surface area contributed by atoms with E-state index in [0.717, 1.165) is 21.3 Å². The van der Waals surface area contributed by atoms with E-state index >= 15 is 0 Å². The first-order chi connectivity index (χ1) is 17.2. The van der Waals surface area contributed by atoms with Crippen LogP contribution in [0.3, 0.4) is 0 Å². The fourth-order valence-electron chi connectivity index (χ4n) is 4.39. The van der Waals surface area contributed by atoms with Crippen molar-refractivity contribution >= 4 is 54.2 Å². The van der Waals surface area contributed by atoms with Gasteiger partial charge < -0.3 is 0 Å². The summed E-state index contributed by atoms with van der Waals surface area (Å²) in [5.41, 5.74) is 3.22. The van der Waals surface area contributed by atoms with E-state index in [4.69, 9.17) is 11.6 Å². The molecular weight excluding hydrogens is 514 g/mol. The second kappa shape index (κ2) is 9.94. The molecule has 1 aliphatic rings. The number of halogens is 1. The van der Waals surface area contributed by atoms with Gasteiger partial charge in [-0.3, -0.25) is 9.69 Å².